The number of aromatic nitrogens is 2. The Morgan fingerprint density at radius 1 is 1.29 bits per heavy atom. The Hall–Kier alpha value is -2.83. The van der Waals surface area contributed by atoms with E-state index in [4.69, 9.17) is 4.74 Å². The van der Waals surface area contributed by atoms with Crippen molar-refractivity contribution in [2.45, 2.75) is 19.4 Å². The number of urea groups is 1. The molecule has 1 unspecified atom stereocenters. The quantitative estimate of drug-likeness (QED) is 0.905. The summed E-state index contributed by atoms with van der Waals surface area (Å²) in [5.74, 6) is 1.85. The van der Waals surface area contributed by atoms with Crippen molar-refractivity contribution in [3.63, 3.8) is 0 Å². The van der Waals surface area contributed by atoms with Crippen LogP contribution in [0, 0.1) is 6.92 Å². The zero-order valence-electron chi connectivity index (χ0n) is 14.0. The minimum absolute atomic E-state index is 0.0897. The molecule has 0 saturated carbocycles. The van der Waals surface area contributed by atoms with E-state index in [1.807, 2.05) is 56.3 Å². The molecule has 1 aromatic carbocycles. The van der Waals surface area contributed by atoms with Crippen LogP contribution in [0.15, 0.2) is 30.3 Å². The maximum absolute atomic E-state index is 12.3. The second-order valence-electron chi connectivity index (χ2n) is 5.91. The number of hydrogen-bond acceptors (Lipinski definition) is 5. The number of fused-ring (bicyclic) bond motifs is 1. The summed E-state index contributed by atoms with van der Waals surface area (Å²) in [4.78, 5) is 22.8. The van der Waals surface area contributed by atoms with Gasteiger partial charge in [0, 0.05) is 37.8 Å². The summed E-state index contributed by atoms with van der Waals surface area (Å²) < 4.78 is 5.61. The van der Waals surface area contributed by atoms with E-state index in [0.29, 0.717) is 6.61 Å². The van der Waals surface area contributed by atoms with Crippen molar-refractivity contribution < 1.29 is 9.53 Å². The average Bonchev–Trinajstić information content (AvgIpc) is 2.54. The molecule has 0 spiro atoms. The van der Waals surface area contributed by atoms with E-state index in [0.717, 1.165) is 29.2 Å². The Balaban J connectivity index is 1.71. The Morgan fingerprint density at radius 3 is 2.88 bits per heavy atom. The van der Waals surface area contributed by atoms with Crippen molar-refractivity contribution in [2.24, 2.45) is 0 Å². The van der Waals surface area contributed by atoms with Crippen LogP contribution in [0.1, 0.15) is 23.7 Å². The lowest BCUT2D eigenvalue weighted by molar-refractivity contribution is 0.232. The highest BCUT2D eigenvalue weighted by atomic mass is 16.5. The zero-order chi connectivity index (χ0) is 17.1. The summed E-state index contributed by atoms with van der Waals surface area (Å²) in [5.41, 5.74) is 1.78. The van der Waals surface area contributed by atoms with Crippen LogP contribution in [0.4, 0.5) is 16.6 Å². The molecule has 0 saturated heterocycles. The van der Waals surface area contributed by atoms with E-state index in [9.17, 15) is 4.79 Å². The Kier molecular flexibility index (Phi) is 4.50. The normalized spacial score (nSPS) is 15.9. The van der Waals surface area contributed by atoms with Gasteiger partial charge in [0.1, 0.15) is 11.6 Å². The lowest BCUT2D eigenvalue weighted by atomic mass is 10.0. The van der Waals surface area contributed by atoms with Gasteiger partial charge >= 0.3 is 6.03 Å². The molecular weight excluding hydrogens is 306 g/mol. The lowest BCUT2D eigenvalue weighted by Gasteiger charge is -2.26. The molecule has 126 valence electrons. The molecule has 1 aromatic heterocycles. The van der Waals surface area contributed by atoms with Crippen molar-refractivity contribution in [1.82, 2.24) is 15.3 Å². The van der Waals surface area contributed by atoms with Crippen LogP contribution in [0.3, 0.4) is 0 Å². The van der Waals surface area contributed by atoms with Gasteiger partial charge in [-0.3, -0.25) is 5.32 Å². The first-order valence-electron chi connectivity index (χ1n) is 7.85. The average molecular weight is 327 g/mol. The number of para-hydroxylation sites is 1. The molecule has 2 N–H and O–H groups in total. The van der Waals surface area contributed by atoms with Crippen molar-refractivity contribution in [1.29, 1.82) is 0 Å². The highest BCUT2D eigenvalue weighted by Crippen LogP contribution is 2.31. The molecule has 1 atom stereocenters. The molecule has 2 heterocycles. The molecule has 1 aliphatic rings. The Morgan fingerprint density at radius 2 is 2.08 bits per heavy atom. The van der Waals surface area contributed by atoms with Crippen LogP contribution in [-0.4, -0.2) is 36.7 Å². The SMILES string of the molecule is Cc1cc(N(C)C)nc(NC(=O)NC2CCOc3ccccc32)n1. The number of rotatable bonds is 3. The first-order valence-corrected chi connectivity index (χ1v) is 7.85. The van der Waals surface area contributed by atoms with Crippen LogP contribution >= 0.6 is 0 Å². The Bertz CT molecular complexity index is 748. The van der Waals surface area contributed by atoms with Gasteiger partial charge in [-0.1, -0.05) is 18.2 Å². The number of nitrogens with one attached hydrogen (secondary N) is 2. The van der Waals surface area contributed by atoms with E-state index in [1.165, 1.54) is 0 Å². The fourth-order valence-electron chi connectivity index (χ4n) is 2.62. The number of ether oxygens (including phenoxy) is 1. The van der Waals surface area contributed by atoms with Crippen molar-refractivity contribution in [2.75, 3.05) is 30.9 Å². The first kappa shape index (κ1) is 16.0. The maximum Gasteiger partial charge on any atom is 0.322 e. The second kappa shape index (κ2) is 6.74. The molecule has 2 aromatic rings. The van der Waals surface area contributed by atoms with Gasteiger partial charge in [-0.15, -0.1) is 0 Å². The third-order valence-corrected chi connectivity index (χ3v) is 3.79. The highest BCUT2D eigenvalue weighted by Gasteiger charge is 2.22. The summed E-state index contributed by atoms with van der Waals surface area (Å²) >= 11 is 0. The monoisotopic (exact) mass is 327 g/mol. The van der Waals surface area contributed by atoms with Gasteiger partial charge in [0.25, 0.3) is 0 Å². The number of hydrogen-bond donors (Lipinski definition) is 2. The van der Waals surface area contributed by atoms with Gasteiger partial charge in [-0.2, -0.15) is 4.98 Å². The Labute approximate surface area is 141 Å². The molecule has 1 aliphatic heterocycles. The van der Waals surface area contributed by atoms with Crippen molar-refractivity contribution in [3.05, 3.63) is 41.6 Å². The molecule has 0 bridgehead atoms. The molecule has 7 heteroatoms. The molecule has 0 fully saturated rings. The van der Waals surface area contributed by atoms with Gasteiger partial charge in [0.15, 0.2) is 0 Å². The smallest absolute Gasteiger partial charge is 0.322 e. The fourth-order valence-corrected chi connectivity index (χ4v) is 2.62. The lowest BCUT2D eigenvalue weighted by Crippen LogP contribution is -2.35. The van der Waals surface area contributed by atoms with E-state index < -0.39 is 0 Å². The molecule has 0 aliphatic carbocycles. The minimum atomic E-state index is -0.327. The number of carbonyl (C=O) groups excluding carboxylic acids is 1. The van der Waals surface area contributed by atoms with Gasteiger partial charge in [0.05, 0.1) is 12.6 Å². The minimum Gasteiger partial charge on any atom is -0.493 e. The summed E-state index contributed by atoms with van der Waals surface area (Å²) in [7, 11) is 3.79. The topological polar surface area (TPSA) is 79.4 Å². The number of carbonyl (C=O) groups is 1. The van der Waals surface area contributed by atoms with Crippen molar-refractivity contribution in [3.8, 4) is 5.75 Å². The third-order valence-electron chi connectivity index (χ3n) is 3.79. The zero-order valence-corrected chi connectivity index (χ0v) is 14.0. The highest BCUT2D eigenvalue weighted by molar-refractivity contribution is 5.88. The molecule has 0 radical (unpaired) electrons. The number of benzene rings is 1. The predicted molar refractivity (Wildman–Crippen MR) is 92.5 cm³/mol. The van der Waals surface area contributed by atoms with Gasteiger partial charge in [-0.05, 0) is 13.0 Å². The summed E-state index contributed by atoms with van der Waals surface area (Å²) in [6, 6.07) is 9.18. The van der Waals surface area contributed by atoms with Crippen LogP contribution in [0.2, 0.25) is 0 Å². The van der Waals surface area contributed by atoms with Crippen LogP contribution in [-0.2, 0) is 0 Å². The predicted octanol–water partition coefficient (Wildman–Crippen LogP) is 2.50. The van der Waals surface area contributed by atoms with Gasteiger partial charge in [0.2, 0.25) is 5.95 Å². The van der Waals surface area contributed by atoms with E-state index in [1.54, 1.807) is 0 Å². The number of nitrogens with zero attached hydrogens (tertiary/aromatic N) is 3. The number of amides is 2. The van der Waals surface area contributed by atoms with E-state index in [-0.39, 0.29) is 18.0 Å². The summed E-state index contributed by atoms with van der Waals surface area (Å²) in [6.45, 7) is 2.44. The molecule has 7 nitrogen and oxygen atoms in total. The molecular formula is C17H21N5O2. The van der Waals surface area contributed by atoms with E-state index >= 15 is 0 Å². The van der Waals surface area contributed by atoms with Crippen LogP contribution < -0.4 is 20.3 Å². The van der Waals surface area contributed by atoms with Crippen molar-refractivity contribution >= 4 is 17.8 Å². The summed E-state index contributed by atoms with van der Waals surface area (Å²) in [6.07, 6.45) is 0.724. The second-order valence-corrected chi connectivity index (χ2v) is 5.91. The van der Waals surface area contributed by atoms with E-state index in [2.05, 4.69) is 20.6 Å². The number of aryl methyl sites for hydroxylation is 1. The number of anilines is 2. The van der Waals surface area contributed by atoms with Gasteiger partial charge in [-0.25, -0.2) is 9.78 Å². The summed E-state index contributed by atoms with van der Waals surface area (Å²) in [5, 5.41) is 5.68. The standard InChI is InChI=1S/C17H21N5O2/c1-11-10-15(22(2)3)20-16(18-11)21-17(23)19-13-8-9-24-14-7-5-4-6-12(13)14/h4-7,10,13H,8-9H2,1-3H3,(H2,18,19,20,21,23). The largest absolute Gasteiger partial charge is 0.493 e. The van der Waals surface area contributed by atoms with Crippen LogP contribution in [0.5, 0.6) is 5.75 Å². The maximum atomic E-state index is 12.3. The molecule has 3 rings (SSSR count). The molecule has 24 heavy (non-hydrogen) atoms. The van der Waals surface area contributed by atoms with Gasteiger partial charge < -0.3 is 15.0 Å². The first-order chi connectivity index (χ1) is 11.5. The molecule has 2 amide bonds. The third kappa shape index (κ3) is 3.56. The van der Waals surface area contributed by atoms with Crippen LogP contribution in [0.25, 0.3) is 0 Å². The fraction of sp³-hybridized carbons (Fsp3) is 0.353.